The lowest BCUT2D eigenvalue weighted by Crippen LogP contribution is -2.25. The smallest absolute Gasteiger partial charge is 0.341 e. The average molecular weight is 503 g/mol. The van der Waals surface area contributed by atoms with E-state index in [1.54, 1.807) is 43.3 Å². The molecule has 0 saturated heterocycles. The predicted molar refractivity (Wildman–Crippen MR) is 126 cm³/mol. The van der Waals surface area contributed by atoms with Gasteiger partial charge in [0.15, 0.2) is 23.2 Å². The van der Waals surface area contributed by atoms with Gasteiger partial charge in [0.25, 0.3) is 0 Å². The van der Waals surface area contributed by atoms with Crippen LogP contribution in [0.1, 0.15) is 54.4 Å². The lowest BCUT2D eigenvalue weighted by molar-refractivity contribution is 0.0188. The van der Waals surface area contributed by atoms with Gasteiger partial charge < -0.3 is 14.2 Å². The average Bonchev–Trinajstić information content (AvgIpc) is 2.89. The third-order valence-electron chi connectivity index (χ3n) is 6.47. The van der Waals surface area contributed by atoms with E-state index in [2.05, 4.69) is 0 Å². The van der Waals surface area contributed by atoms with Crippen molar-refractivity contribution in [3.05, 3.63) is 82.9 Å². The number of benzene rings is 3. The Morgan fingerprint density at radius 2 is 1.53 bits per heavy atom. The van der Waals surface area contributed by atoms with Crippen LogP contribution >= 0.6 is 0 Å². The van der Waals surface area contributed by atoms with Crippen LogP contribution in [-0.4, -0.2) is 25.8 Å². The molecule has 0 radical (unpaired) electrons. The van der Waals surface area contributed by atoms with E-state index >= 15 is 4.39 Å². The van der Waals surface area contributed by atoms with Gasteiger partial charge in [-0.1, -0.05) is 24.3 Å². The molecule has 3 aromatic rings. The molecule has 0 spiro atoms. The zero-order valence-corrected chi connectivity index (χ0v) is 20.0. The van der Waals surface area contributed by atoms with Gasteiger partial charge in [-0.25, -0.2) is 18.0 Å². The molecule has 3 aromatic carbocycles. The van der Waals surface area contributed by atoms with Crippen molar-refractivity contribution < 1.29 is 36.6 Å². The molecule has 1 aliphatic carbocycles. The lowest BCUT2D eigenvalue weighted by Gasteiger charge is -2.29. The first-order valence-corrected chi connectivity index (χ1v) is 11.8. The SMILES string of the molecule is CCOc1ccc(C(=O)OC2CCC(c3ccc(-c4ccc(OC)cc4)c(F)c3F)CC2)c(F)c1F. The summed E-state index contributed by atoms with van der Waals surface area (Å²) in [5.41, 5.74) is 0.452. The summed E-state index contributed by atoms with van der Waals surface area (Å²) in [6.45, 7) is 1.78. The normalized spacial score (nSPS) is 17.5. The third-order valence-corrected chi connectivity index (χ3v) is 6.47. The molecule has 1 aliphatic rings. The third kappa shape index (κ3) is 5.17. The van der Waals surface area contributed by atoms with E-state index in [0.717, 1.165) is 6.07 Å². The molecule has 0 atom stereocenters. The van der Waals surface area contributed by atoms with Gasteiger partial charge in [0.2, 0.25) is 5.82 Å². The van der Waals surface area contributed by atoms with Gasteiger partial charge in [-0.3, -0.25) is 0 Å². The van der Waals surface area contributed by atoms with Crippen LogP contribution in [0.25, 0.3) is 11.1 Å². The molecule has 36 heavy (non-hydrogen) atoms. The van der Waals surface area contributed by atoms with Crippen LogP contribution in [0, 0.1) is 23.3 Å². The van der Waals surface area contributed by atoms with Crippen LogP contribution in [-0.2, 0) is 4.74 Å². The van der Waals surface area contributed by atoms with Crippen LogP contribution < -0.4 is 9.47 Å². The molecular formula is C28H26F4O4. The van der Waals surface area contributed by atoms with Crippen molar-refractivity contribution in [2.75, 3.05) is 13.7 Å². The Kier molecular flexibility index (Phi) is 7.82. The predicted octanol–water partition coefficient (Wildman–Crippen LogP) is 7.20. The van der Waals surface area contributed by atoms with Crippen molar-refractivity contribution in [2.24, 2.45) is 0 Å². The molecule has 0 unspecified atom stereocenters. The number of rotatable bonds is 7. The van der Waals surface area contributed by atoms with Crippen LogP contribution in [0.4, 0.5) is 17.6 Å². The zero-order chi connectivity index (χ0) is 25.8. The molecule has 1 saturated carbocycles. The Bertz CT molecular complexity index is 1240. The second-order valence-corrected chi connectivity index (χ2v) is 8.61. The minimum atomic E-state index is -1.32. The van der Waals surface area contributed by atoms with Crippen LogP contribution in [0.3, 0.4) is 0 Å². The van der Waals surface area contributed by atoms with Crippen molar-refractivity contribution in [2.45, 2.75) is 44.6 Å². The van der Waals surface area contributed by atoms with Crippen molar-refractivity contribution in [1.29, 1.82) is 0 Å². The maximum atomic E-state index is 15.0. The molecule has 0 bridgehead atoms. The highest BCUT2D eigenvalue weighted by molar-refractivity contribution is 5.90. The highest BCUT2D eigenvalue weighted by Gasteiger charge is 2.30. The molecule has 0 aromatic heterocycles. The van der Waals surface area contributed by atoms with Crippen LogP contribution in [0.5, 0.6) is 11.5 Å². The van der Waals surface area contributed by atoms with Gasteiger partial charge in [-0.15, -0.1) is 0 Å². The minimum absolute atomic E-state index is 0.151. The van der Waals surface area contributed by atoms with Gasteiger partial charge in [-0.05, 0) is 73.9 Å². The summed E-state index contributed by atoms with van der Waals surface area (Å²) in [5.74, 6) is -5.27. The first kappa shape index (κ1) is 25.5. The Morgan fingerprint density at radius 3 is 2.17 bits per heavy atom. The first-order valence-electron chi connectivity index (χ1n) is 11.8. The summed E-state index contributed by atoms with van der Waals surface area (Å²) >= 11 is 0. The lowest BCUT2D eigenvalue weighted by atomic mass is 9.82. The van der Waals surface area contributed by atoms with E-state index < -0.39 is 40.9 Å². The molecule has 1 fully saturated rings. The van der Waals surface area contributed by atoms with Crippen LogP contribution in [0.2, 0.25) is 0 Å². The molecule has 8 heteroatoms. The van der Waals surface area contributed by atoms with Crippen molar-refractivity contribution in [3.63, 3.8) is 0 Å². The highest BCUT2D eigenvalue weighted by atomic mass is 19.2. The second kappa shape index (κ2) is 11.0. The van der Waals surface area contributed by atoms with Gasteiger partial charge in [0.1, 0.15) is 11.9 Å². The van der Waals surface area contributed by atoms with Crippen molar-refractivity contribution >= 4 is 5.97 Å². The Hall–Kier alpha value is -3.55. The monoisotopic (exact) mass is 502 g/mol. The van der Waals surface area contributed by atoms with Crippen molar-refractivity contribution in [1.82, 2.24) is 0 Å². The number of hydrogen-bond acceptors (Lipinski definition) is 4. The number of halogens is 4. The summed E-state index contributed by atoms with van der Waals surface area (Å²) in [5, 5.41) is 0. The number of carbonyl (C=O) groups excluding carboxylic acids is 1. The number of ether oxygens (including phenoxy) is 3. The molecular weight excluding hydrogens is 476 g/mol. The summed E-state index contributed by atoms with van der Waals surface area (Å²) in [6.07, 6.45) is 1.15. The Labute approximate surface area is 206 Å². The van der Waals surface area contributed by atoms with Gasteiger partial charge in [-0.2, -0.15) is 4.39 Å². The number of esters is 1. The zero-order valence-electron chi connectivity index (χ0n) is 20.0. The molecule has 0 aliphatic heterocycles. The number of hydrogen-bond donors (Lipinski definition) is 0. The molecule has 0 heterocycles. The highest BCUT2D eigenvalue weighted by Crippen LogP contribution is 2.38. The van der Waals surface area contributed by atoms with Gasteiger partial charge in [0.05, 0.1) is 19.3 Å². The van der Waals surface area contributed by atoms with E-state index in [-0.39, 0.29) is 29.4 Å². The molecule has 4 nitrogen and oxygen atoms in total. The van der Waals surface area contributed by atoms with Crippen molar-refractivity contribution in [3.8, 4) is 22.6 Å². The quantitative estimate of drug-likeness (QED) is 0.253. The van der Waals surface area contributed by atoms with Gasteiger partial charge in [0, 0.05) is 5.56 Å². The fourth-order valence-electron chi connectivity index (χ4n) is 4.54. The van der Waals surface area contributed by atoms with E-state index in [0.29, 0.717) is 37.0 Å². The number of methoxy groups -OCH3 is 1. The fraction of sp³-hybridized carbons (Fsp3) is 0.321. The summed E-state index contributed by atoms with van der Waals surface area (Å²) in [6, 6.07) is 12.1. The fourth-order valence-corrected chi connectivity index (χ4v) is 4.54. The van der Waals surface area contributed by atoms with Gasteiger partial charge >= 0.3 is 5.97 Å². The summed E-state index contributed by atoms with van der Waals surface area (Å²) in [7, 11) is 1.53. The summed E-state index contributed by atoms with van der Waals surface area (Å²) in [4.78, 5) is 12.4. The number of carbonyl (C=O) groups is 1. The largest absolute Gasteiger partial charge is 0.497 e. The van der Waals surface area contributed by atoms with E-state index in [9.17, 15) is 18.0 Å². The van der Waals surface area contributed by atoms with Crippen LogP contribution in [0.15, 0.2) is 48.5 Å². The molecule has 0 amide bonds. The Morgan fingerprint density at radius 1 is 0.833 bits per heavy atom. The van der Waals surface area contributed by atoms with E-state index in [1.807, 2.05) is 0 Å². The molecule has 0 N–H and O–H groups in total. The standard InChI is InChI=1S/C28H26F4O4/c1-3-35-23-15-14-22(26(31)27(23)32)28(33)36-19-10-6-17(7-11-19)21-13-12-20(24(29)25(21)30)16-4-8-18(34-2)9-5-16/h4-5,8-9,12-15,17,19H,3,6-7,10-11H2,1-2H3. The van der Waals surface area contributed by atoms with E-state index in [1.165, 1.54) is 13.2 Å². The minimum Gasteiger partial charge on any atom is -0.497 e. The second-order valence-electron chi connectivity index (χ2n) is 8.61. The van der Waals surface area contributed by atoms with E-state index in [4.69, 9.17) is 14.2 Å². The maximum absolute atomic E-state index is 15.0. The molecule has 190 valence electrons. The molecule has 4 rings (SSSR count). The first-order chi connectivity index (χ1) is 17.3. The Balaban J connectivity index is 1.41. The summed E-state index contributed by atoms with van der Waals surface area (Å²) < 4.78 is 73.8. The topological polar surface area (TPSA) is 44.8 Å². The maximum Gasteiger partial charge on any atom is 0.341 e.